The molecule has 0 aromatic heterocycles. The predicted octanol–water partition coefficient (Wildman–Crippen LogP) is 0.814. The highest BCUT2D eigenvalue weighted by molar-refractivity contribution is 7.72. The lowest BCUT2D eigenvalue weighted by Gasteiger charge is -2.31. The average molecular weight is 325 g/mol. The van der Waals surface area contributed by atoms with Gasteiger partial charge in [-0.3, -0.25) is 4.57 Å². The van der Waals surface area contributed by atoms with E-state index in [0.29, 0.717) is 0 Å². The van der Waals surface area contributed by atoms with E-state index in [0.717, 1.165) is 0 Å². The molecule has 1 aromatic carbocycles. The molecule has 0 aliphatic carbocycles. The molecule has 2 atom stereocenters. The highest BCUT2D eigenvalue weighted by atomic mass is 31.2. The van der Waals surface area contributed by atoms with Crippen LogP contribution in [0.3, 0.4) is 0 Å². The van der Waals surface area contributed by atoms with Crippen molar-refractivity contribution in [2.45, 2.75) is 17.9 Å². The van der Waals surface area contributed by atoms with Crippen LogP contribution in [-0.2, 0) is 9.13 Å². The van der Waals surface area contributed by atoms with Gasteiger partial charge in [0.2, 0.25) is 0 Å². The van der Waals surface area contributed by atoms with Crippen LogP contribution < -0.4 is 10.3 Å². The summed E-state index contributed by atoms with van der Waals surface area (Å²) in [6.45, 7) is -0.00630. The Labute approximate surface area is 115 Å². The summed E-state index contributed by atoms with van der Waals surface area (Å²) in [7, 11) is -10.4. The molecule has 0 spiro atoms. The average Bonchev–Trinajstić information content (AvgIpc) is 2.35. The Hall–Kier alpha value is -0.720. The van der Waals surface area contributed by atoms with Crippen LogP contribution in [0, 0.1) is 0 Å². The molecule has 0 heterocycles. The monoisotopic (exact) mass is 325 g/mol. The summed E-state index contributed by atoms with van der Waals surface area (Å²) in [5.74, 6) is -0.0852. The highest BCUT2D eigenvalue weighted by Crippen LogP contribution is 2.71. The largest absolute Gasteiger partial charge is 0.422 e. The molecule has 0 saturated heterocycles. The van der Waals surface area contributed by atoms with Gasteiger partial charge in [0, 0.05) is 6.42 Å². The molecule has 0 aliphatic heterocycles. The first-order valence-electron chi connectivity index (χ1n) is 5.70. The zero-order valence-electron chi connectivity index (χ0n) is 10.5. The van der Waals surface area contributed by atoms with Crippen LogP contribution >= 0.6 is 15.2 Å². The quantitative estimate of drug-likeness (QED) is 0.462. The Morgan fingerprint density at radius 1 is 1.15 bits per heavy atom. The van der Waals surface area contributed by atoms with Crippen molar-refractivity contribution in [1.29, 1.82) is 0 Å². The first kappa shape index (κ1) is 17.3. The molecule has 0 radical (unpaired) electrons. The van der Waals surface area contributed by atoms with Gasteiger partial charge < -0.3 is 30.0 Å². The van der Waals surface area contributed by atoms with Crippen LogP contribution in [-0.4, -0.2) is 31.4 Å². The second-order valence-corrected chi connectivity index (χ2v) is 8.28. The zero-order chi connectivity index (χ0) is 15.4. The lowest BCUT2D eigenvalue weighted by Crippen LogP contribution is -2.31. The van der Waals surface area contributed by atoms with E-state index in [1.807, 2.05) is 0 Å². The molecular weight excluding hydrogens is 308 g/mol. The molecule has 20 heavy (non-hydrogen) atoms. The van der Waals surface area contributed by atoms with Crippen LogP contribution in [0.25, 0.3) is 0 Å². The molecule has 0 saturated carbocycles. The van der Waals surface area contributed by atoms with E-state index in [1.165, 1.54) is 24.3 Å². The predicted molar refractivity (Wildman–Crippen MR) is 72.2 cm³/mol. The number of para-hydroxylation sites is 1. The molecule has 1 rings (SSSR count). The van der Waals surface area contributed by atoms with Gasteiger partial charge in [0.15, 0.2) is 0 Å². The third kappa shape index (κ3) is 3.68. The fourth-order valence-corrected chi connectivity index (χ4v) is 4.37. The maximum absolute atomic E-state index is 12.1. The Morgan fingerprint density at radius 3 is 2.15 bits per heavy atom. The fourth-order valence-electron chi connectivity index (χ4n) is 1.49. The summed E-state index contributed by atoms with van der Waals surface area (Å²) in [6.07, 6.45) is -0.710. The Bertz CT molecular complexity index is 532. The van der Waals surface area contributed by atoms with Crippen LogP contribution in [0.15, 0.2) is 30.3 Å². The summed E-state index contributed by atoms with van der Waals surface area (Å²) in [4.78, 5) is 28.2. The van der Waals surface area contributed by atoms with Crippen LogP contribution in [0.1, 0.15) is 12.8 Å². The lowest BCUT2D eigenvalue weighted by atomic mass is 10.3. The van der Waals surface area contributed by atoms with Gasteiger partial charge in [-0.1, -0.05) is 18.2 Å². The number of nitrogens with two attached hydrogens (primary N) is 1. The molecule has 10 heteroatoms. The number of rotatable bonds is 7. The minimum atomic E-state index is -5.31. The van der Waals surface area contributed by atoms with Gasteiger partial charge in [0.05, 0.1) is 0 Å². The zero-order valence-corrected chi connectivity index (χ0v) is 12.3. The number of hydrogen-bond acceptors (Lipinski definition) is 5. The van der Waals surface area contributed by atoms with Gasteiger partial charge in [-0.05, 0) is 25.1 Å². The highest BCUT2D eigenvalue weighted by Gasteiger charge is 2.61. The smallest absolute Gasteiger partial charge is 0.420 e. The van der Waals surface area contributed by atoms with Crippen molar-refractivity contribution in [2.24, 2.45) is 5.73 Å². The normalized spacial score (nSPS) is 18.1. The SMILES string of the molecule is NCCCC(O)(P(=O)(O)O)P(=O)(O)Oc1ccccc1. The van der Waals surface area contributed by atoms with Crippen molar-refractivity contribution in [2.75, 3.05) is 6.54 Å². The fraction of sp³-hybridized carbons (Fsp3) is 0.400. The van der Waals surface area contributed by atoms with Gasteiger partial charge in [-0.25, -0.2) is 4.57 Å². The Morgan fingerprint density at radius 2 is 1.70 bits per heavy atom. The molecule has 114 valence electrons. The molecule has 6 N–H and O–H groups in total. The van der Waals surface area contributed by atoms with Gasteiger partial charge >= 0.3 is 15.2 Å². The molecule has 8 nitrogen and oxygen atoms in total. The van der Waals surface area contributed by atoms with E-state index in [4.69, 9.17) is 10.3 Å². The molecule has 0 fully saturated rings. The van der Waals surface area contributed by atoms with E-state index in [9.17, 15) is 28.9 Å². The number of hydrogen-bond donors (Lipinski definition) is 5. The summed E-state index contributed by atoms with van der Waals surface area (Å²) in [5.41, 5.74) is 5.20. The second-order valence-electron chi connectivity index (χ2n) is 4.14. The summed E-state index contributed by atoms with van der Waals surface area (Å²) in [5, 5.41) is 6.83. The van der Waals surface area contributed by atoms with Crippen molar-refractivity contribution in [3.05, 3.63) is 30.3 Å². The van der Waals surface area contributed by atoms with Crippen molar-refractivity contribution in [1.82, 2.24) is 0 Å². The molecule has 1 aromatic rings. The topological polar surface area (TPSA) is 150 Å². The summed E-state index contributed by atoms with van der Waals surface area (Å²) >= 11 is 0. The van der Waals surface area contributed by atoms with Gasteiger partial charge in [0.25, 0.3) is 5.08 Å². The molecule has 0 bridgehead atoms. The first-order valence-corrected chi connectivity index (χ1v) is 8.89. The van der Waals surface area contributed by atoms with Crippen molar-refractivity contribution in [3.8, 4) is 5.75 Å². The van der Waals surface area contributed by atoms with E-state index < -0.39 is 26.7 Å². The minimum absolute atomic E-state index is 0.00630. The molecule has 2 unspecified atom stereocenters. The summed E-state index contributed by atoms with van der Waals surface area (Å²) in [6, 6.07) is 7.29. The summed E-state index contributed by atoms with van der Waals surface area (Å²) < 4.78 is 28.2. The lowest BCUT2D eigenvalue weighted by molar-refractivity contribution is 0.124. The number of aliphatic hydroxyl groups is 1. The van der Waals surface area contributed by atoms with Crippen molar-refractivity contribution >= 4 is 15.2 Å². The standard InChI is InChI=1S/C10H17NO7P2/c11-8-4-7-10(12,19(13,14)15)20(16,17)18-9-5-2-1-3-6-9/h1-3,5-6,12H,4,7-8,11H2,(H,16,17)(H2,13,14,15). The van der Waals surface area contributed by atoms with Gasteiger partial charge in [-0.15, -0.1) is 0 Å². The van der Waals surface area contributed by atoms with E-state index >= 15 is 0 Å². The maximum Gasteiger partial charge on any atom is 0.420 e. The van der Waals surface area contributed by atoms with Crippen LogP contribution in [0.5, 0.6) is 5.75 Å². The second kappa shape index (κ2) is 6.37. The Kier molecular flexibility index (Phi) is 5.52. The van der Waals surface area contributed by atoms with Gasteiger partial charge in [0.1, 0.15) is 5.75 Å². The van der Waals surface area contributed by atoms with E-state index in [1.54, 1.807) is 6.07 Å². The van der Waals surface area contributed by atoms with Crippen molar-refractivity contribution < 1.29 is 33.4 Å². The Balaban J connectivity index is 3.12. The molecular formula is C10H17NO7P2. The maximum atomic E-state index is 12.1. The minimum Gasteiger partial charge on any atom is -0.422 e. The van der Waals surface area contributed by atoms with Crippen LogP contribution in [0.2, 0.25) is 0 Å². The van der Waals surface area contributed by atoms with Gasteiger partial charge in [-0.2, -0.15) is 0 Å². The first-order chi connectivity index (χ1) is 9.14. The van der Waals surface area contributed by atoms with E-state index in [-0.39, 0.29) is 18.7 Å². The van der Waals surface area contributed by atoms with Crippen molar-refractivity contribution in [3.63, 3.8) is 0 Å². The molecule has 0 aliphatic rings. The van der Waals surface area contributed by atoms with E-state index in [2.05, 4.69) is 0 Å². The third-order valence-electron chi connectivity index (χ3n) is 2.61. The van der Waals surface area contributed by atoms with Crippen LogP contribution in [0.4, 0.5) is 0 Å². The number of benzene rings is 1. The third-order valence-corrected chi connectivity index (χ3v) is 6.89. The molecule has 0 amide bonds.